The summed E-state index contributed by atoms with van der Waals surface area (Å²) < 4.78 is 0. The zero-order chi connectivity index (χ0) is 40.4. The van der Waals surface area contributed by atoms with Gasteiger partial charge in [0.2, 0.25) is 0 Å². The lowest BCUT2D eigenvalue weighted by atomic mass is 9.33. The highest BCUT2D eigenvalue weighted by Crippen LogP contribution is 2.76. The number of benzene rings is 1. The number of hydrogen-bond acceptors (Lipinski definition) is 5. The molecule has 6 nitrogen and oxygen atoms in total. The number of rotatable bonds is 12. The Bertz CT molecular complexity index is 1780. The van der Waals surface area contributed by atoms with Gasteiger partial charge in [0.1, 0.15) is 0 Å². The van der Waals surface area contributed by atoms with E-state index in [4.69, 9.17) is 11.6 Å². The number of nitrogens with zero attached hydrogens (tertiary/aromatic N) is 2. The van der Waals surface area contributed by atoms with Crippen LogP contribution in [0.2, 0.25) is 5.02 Å². The second kappa shape index (κ2) is 15.4. The van der Waals surface area contributed by atoms with Crippen LogP contribution in [0.5, 0.6) is 0 Å². The first-order chi connectivity index (χ1) is 26.4. The molecule has 6 aliphatic carbocycles. The monoisotopic (exact) mass is 786 g/mol. The summed E-state index contributed by atoms with van der Waals surface area (Å²) in [6.45, 7) is 22.2. The number of hydrogen-bond donors (Lipinski definition) is 2. The van der Waals surface area contributed by atoms with E-state index in [1.807, 2.05) is 12.1 Å². The molecule has 7 rings (SSSR count). The van der Waals surface area contributed by atoms with E-state index in [-0.39, 0.29) is 39.0 Å². The van der Waals surface area contributed by atoms with Gasteiger partial charge in [-0.15, -0.1) is 0 Å². The minimum Gasteiger partial charge on any atom is -0.481 e. The number of nitrogens with one attached hydrogen (secondary N) is 1. The number of likely N-dealkylation sites (N-methyl/N-ethyl adjacent to an activating group) is 1. The molecule has 0 spiro atoms. The molecule has 56 heavy (non-hydrogen) atoms. The van der Waals surface area contributed by atoms with Crippen LogP contribution < -0.4 is 5.32 Å². The Morgan fingerprint density at radius 2 is 1.64 bits per heavy atom. The third-order valence-electron chi connectivity index (χ3n) is 17.2. The lowest BCUT2D eigenvalue weighted by molar-refractivity contribution is -0.196. The van der Waals surface area contributed by atoms with Crippen molar-refractivity contribution < 1.29 is 14.7 Å². The molecule has 3 fully saturated rings. The predicted molar refractivity (Wildman–Crippen MR) is 230 cm³/mol. The second-order valence-corrected chi connectivity index (χ2v) is 21.4. The lowest BCUT2D eigenvalue weighted by Crippen LogP contribution is -2.66. The van der Waals surface area contributed by atoms with Gasteiger partial charge in [0.15, 0.2) is 5.78 Å². The molecule has 7 heteroatoms. The van der Waals surface area contributed by atoms with E-state index in [1.54, 1.807) is 0 Å². The fourth-order valence-corrected chi connectivity index (χ4v) is 14.3. The van der Waals surface area contributed by atoms with Gasteiger partial charge in [0, 0.05) is 49.7 Å². The van der Waals surface area contributed by atoms with Crippen LogP contribution in [0, 0.1) is 51.2 Å². The molecule has 3 saturated carbocycles. The first-order valence-electron chi connectivity index (χ1n) is 22.1. The summed E-state index contributed by atoms with van der Waals surface area (Å²) in [6.07, 6.45) is 16.0. The van der Waals surface area contributed by atoms with E-state index in [1.165, 1.54) is 48.0 Å². The summed E-state index contributed by atoms with van der Waals surface area (Å²) in [6, 6.07) is 8.27. The van der Waals surface area contributed by atoms with Crippen molar-refractivity contribution in [3.63, 3.8) is 0 Å². The molecule has 6 aliphatic rings. The number of Topliss-reactive ketones (excluding diaryl/α,β-unsaturated/α-hetero) is 1. The number of carbonyl (C=O) groups is 2. The number of carboxylic acids is 1. The summed E-state index contributed by atoms with van der Waals surface area (Å²) in [5.74, 6) is 1.37. The number of carbonyl (C=O) groups excluding carboxylic acids is 1. The Labute approximate surface area is 344 Å². The second-order valence-electron chi connectivity index (χ2n) is 21.0. The van der Waals surface area contributed by atoms with Crippen LogP contribution in [-0.4, -0.2) is 72.5 Å². The molecule has 0 amide bonds. The first kappa shape index (κ1) is 41.9. The Balaban J connectivity index is 1.14. The molecule has 0 heterocycles. The minimum absolute atomic E-state index is 0.0544. The van der Waals surface area contributed by atoms with E-state index in [2.05, 4.69) is 102 Å². The molecule has 0 radical (unpaired) electrons. The quantitative estimate of drug-likeness (QED) is 0.220. The van der Waals surface area contributed by atoms with E-state index >= 15 is 0 Å². The maximum Gasteiger partial charge on any atom is 0.306 e. The fraction of sp³-hybridized carbons (Fsp3) is 0.714. The zero-order valence-electron chi connectivity index (χ0n) is 36.2. The molecular weight excluding hydrogens is 714 g/mol. The summed E-state index contributed by atoms with van der Waals surface area (Å²) in [5, 5.41) is 14.6. The predicted octanol–water partition coefficient (Wildman–Crippen LogP) is 10.4. The third-order valence-corrected chi connectivity index (χ3v) is 17.4. The van der Waals surface area contributed by atoms with Crippen LogP contribution in [0.4, 0.5) is 0 Å². The van der Waals surface area contributed by atoms with Crippen molar-refractivity contribution in [2.45, 2.75) is 131 Å². The van der Waals surface area contributed by atoms with Gasteiger partial charge in [0.25, 0.3) is 0 Å². The molecule has 3 unspecified atom stereocenters. The largest absolute Gasteiger partial charge is 0.481 e. The Kier molecular flexibility index (Phi) is 11.5. The van der Waals surface area contributed by atoms with E-state index in [0.717, 1.165) is 75.4 Å². The normalized spacial score (nSPS) is 36.6. The van der Waals surface area contributed by atoms with Crippen molar-refractivity contribution in [1.82, 2.24) is 15.1 Å². The van der Waals surface area contributed by atoms with Crippen molar-refractivity contribution in [3.05, 3.63) is 69.3 Å². The van der Waals surface area contributed by atoms with Crippen LogP contribution >= 0.6 is 11.6 Å². The third kappa shape index (κ3) is 7.02. The standard InChI is InChI=1S/C49H72ClN3O3/c1-32(2)42-39(54)30-49(51-26-27-53(29-28-52(8)9)31-33-10-16-36(50)17-11-33)25-24-47(6)38(43(42)49)18-19-41-46(5)22-20-37(34-12-14-35(15-13-34)44(55)56)45(3,4)40(46)21-23-48(41,47)7/h10-12,16-17,20,32,35,38,40-41,51H,13-15,18-19,21-31H2,1-9H3,(H,55,56)/t35?,38-,40?,41?,46+,47-,48-,49-/m1/s1. The number of ketones is 1. The van der Waals surface area contributed by atoms with Gasteiger partial charge in [-0.2, -0.15) is 0 Å². The molecule has 0 aliphatic heterocycles. The van der Waals surface area contributed by atoms with Crippen LogP contribution in [0.25, 0.3) is 0 Å². The number of fused-ring (bicyclic) bond motifs is 7. The molecule has 0 aromatic heterocycles. The molecule has 0 bridgehead atoms. The zero-order valence-corrected chi connectivity index (χ0v) is 37.0. The summed E-state index contributed by atoms with van der Waals surface area (Å²) in [5.41, 5.74) is 7.20. The molecule has 8 atom stereocenters. The maximum atomic E-state index is 14.2. The number of aliphatic carboxylic acids is 1. The maximum absolute atomic E-state index is 14.2. The summed E-state index contributed by atoms with van der Waals surface area (Å²) in [7, 11) is 4.29. The van der Waals surface area contributed by atoms with Crippen molar-refractivity contribution in [2.24, 2.45) is 51.2 Å². The van der Waals surface area contributed by atoms with E-state index < -0.39 is 5.97 Å². The topological polar surface area (TPSA) is 72.9 Å². The van der Waals surface area contributed by atoms with Gasteiger partial charge >= 0.3 is 5.97 Å². The molecular formula is C49H72ClN3O3. The fourth-order valence-electron chi connectivity index (χ4n) is 14.2. The van der Waals surface area contributed by atoms with Gasteiger partial charge in [0.05, 0.1) is 5.92 Å². The SMILES string of the molecule is CC(C)C1=C2[C@H]3CCC4[C@@]5(C)CC=C(C6=CCC(C(=O)O)CC6)C(C)(C)C5CC[C@@]4(C)[C@]3(C)CC[C@@]2(NCCN(CCN(C)C)Cc2ccc(Cl)cc2)CC1=O. The molecule has 1 aromatic carbocycles. The highest BCUT2D eigenvalue weighted by molar-refractivity contribution is 6.30. The summed E-state index contributed by atoms with van der Waals surface area (Å²) >= 11 is 6.23. The molecule has 0 saturated heterocycles. The van der Waals surface area contributed by atoms with Crippen molar-refractivity contribution in [2.75, 3.05) is 40.3 Å². The summed E-state index contributed by atoms with van der Waals surface area (Å²) in [4.78, 5) is 30.8. The van der Waals surface area contributed by atoms with Crippen molar-refractivity contribution >= 4 is 23.4 Å². The molecule has 1 aromatic rings. The van der Waals surface area contributed by atoms with E-state index in [9.17, 15) is 14.7 Å². The van der Waals surface area contributed by atoms with E-state index in [0.29, 0.717) is 36.4 Å². The van der Waals surface area contributed by atoms with Crippen LogP contribution in [0.3, 0.4) is 0 Å². The number of halogens is 1. The Hall–Kier alpha value is -2.25. The van der Waals surface area contributed by atoms with Gasteiger partial charge < -0.3 is 15.3 Å². The molecule has 2 N–H and O–H groups in total. The van der Waals surface area contributed by atoms with Crippen LogP contribution in [0.15, 0.2) is 58.7 Å². The highest BCUT2D eigenvalue weighted by atomic mass is 35.5. The average Bonchev–Trinajstić information content (AvgIpc) is 3.43. The minimum atomic E-state index is -0.651. The lowest BCUT2D eigenvalue weighted by Gasteiger charge is -2.71. The van der Waals surface area contributed by atoms with Crippen molar-refractivity contribution in [1.29, 1.82) is 0 Å². The first-order valence-corrected chi connectivity index (χ1v) is 22.5. The molecule has 308 valence electrons. The van der Waals surface area contributed by atoms with Crippen molar-refractivity contribution in [3.8, 4) is 0 Å². The smallest absolute Gasteiger partial charge is 0.306 e. The van der Waals surface area contributed by atoms with Gasteiger partial charge in [-0.05, 0) is 164 Å². The van der Waals surface area contributed by atoms with Gasteiger partial charge in [-0.25, -0.2) is 0 Å². The number of allylic oxidation sites excluding steroid dienone is 5. The Morgan fingerprint density at radius 3 is 2.29 bits per heavy atom. The average molecular weight is 787 g/mol. The number of carboxylic acid groups (broad SMARTS) is 1. The highest BCUT2D eigenvalue weighted by Gasteiger charge is 2.69. The van der Waals surface area contributed by atoms with Crippen LogP contribution in [-0.2, 0) is 16.1 Å². The Morgan fingerprint density at radius 1 is 0.911 bits per heavy atom. The van der Waals surface area contributed by atoms with Gasteiger partial charge in [-0.1, -0.05) is 84.4 Å². The van der Waals surface area contributed by atoms with Crippen LogP contribution in [0.1, 0.15) is 125 Å². The van der Waals surface area contributed by atoms with Gasteiger partial charge in [-0.3, -0.25) is 14.5 Å².